The molecule has 3 rings (SSSR count). The van der Waals surface area contributed by atoms with Crippen LogP contribution >= 0.6 is 34.8 Å². The number of carbonyl (C=O) groups is 2. The maximum Gasteiger partial charge on any atom is 0.275 e. The predicted octanol–water partition coefficient (Wildman–Crippen LogP) is 3.37. The van der Waals surface area contributed by atoms with Crippen molar-refractivity contribution in [2.45, 2.75) is 25.8 Å². The third kappa shape index (κ3) is 4.95. The van der Waals surface area contributed by atoms with Crippen molar-refractivity contribution in [3.8, 4) is 0 Å². The van der Waals surface area contributed by atoms with Crippen LogP contribution in [0.3, 0.4) is 0 Å². The van der Waals surface area contributed by atoms with Crippen LogP contribution in [0, 0.1) is 6.92 Å². The van der Waals surface area contributed by atoms with Crippen LogP contribution in [0.15, 0.2) is 12.1 Å². The lowest BCUT2D eigenvalue weighted by molar-refractivity contribution is 0.0537. The van der Waals surface area contributed by atoms with Gasteiger partial charge in [0.2, 0.25) is 0 Å². The topological polar surface area (TPSA) is 99.3 Å². The summed E-state index contributed by atoms with van der Waals surface area (Å²) in [5.41, 5.74) is 3.53. The van der Waals surface area contributed by atoms with Gasteiger partial charge in [-0.15, -0.1) is 0 Å². The van der Waals surface area contributed by atoms with Gasteiger partial charge >= 0.3 is 0 Å². The molecule has 0 unspecified atom stereocenters. The minimum absolute atomic E-state index is 0.0207. The average Bonchev–Trinajstić information content (AvgIpc) is 2.95. The standard InChI is InChI=1S/C18H20Cl3N5O3/c1-9-14(20)15(21)16(22-9)18(28)23-11-3-5-26(6-4-11)13-8-10(7-12(19)24-13)17(27)25-29-2/h7-8,11,22H,3-6H2,1-2H3,(H,23,28)(H,25,27). The zero-order chi connectivity index (χ0) is 21.1. The molecular formula is C18H20Cl3N5O3. The van der Waals surface area contributed by atoms with Gasteiger partial charge in [0.1, 0.15) is 16.7 Å². The first-order chi connectivity index (χ1) is 13.8. The summed E-state index contributed by atoms with van der Waals surface area (Å²) in [6, 6.07) is 3.11. The summed E-state index contributed by atoms with van der Waals surface area (Å²) in [5, 5.41) is 3.77. The van der Waals surface area contributed by atoms with E-state index in [9.17, 15) is 9.59 Å². The number of amides is 2. The fraction of sp³-hybridized carbons (Fsp3) is 0.389. The van der Waals surface area contributed by atoms with Gasteiger partial charge in [-0.1, -0.05) is 34.8 Å². The molecule has 0 radical (unpaired) electrons. The van der Waals surface area contributed by atoms with Crippen LogP contribution in [0.25, 0.3) is 0 Å². The predicted molar refractivity (Wildman–Crippen MR) is 112 cm³/mol. The summed E-state index contributed by atoms with van der Waals surface area (Å²) in [6.45, 7) is 3.03. The number of aryl methyl sites for hydroxylation is 1. The number of pyridine rings is 1. The van der Waals surface area contributed by atoms with Crippen molar-refractivity contribution in [3.63, 3.8) is 0 Å². The number of aromatic amines is 1. The van der Waals surface area contributed by atoms with Gasteiger partial charge in [-0.3, -0.25) is 14.4 Å². The number of halogens is 3. The number of carbonyl (C=O) groups excluding carboxylic acids is 2. The molecule has 0 aromatic carbocycles. The summed E-state index contributed by atoms with van der Waals surface area (Å²) < 4.78 is 0. The van der Waals surface area contributed by atoms with Crippen LogP contribution in [-0.4, -0.2) is 48.0 Å². The Balaban J connectivity index is 1.62. The van der Waals surface area contributed by atoms with E-state index in [0.29, 0.717) is 48.0 Å². The average molecular weight is 461 g/mol. The van der Waals surface area contributed by atoms with Gasteiger partial charge in [0, 0.05) is 30.4 Å². The van der Waals surface area contributed by atoms with Crippen LogP contribution in [-0.2, 0) is 4.84 Å². The molecule has 11 heteroatoms. The summed E-state index contributed by atoms with van der Waals surface area (Å²) in [7, 11) is 1.36. The van der Waals surface area contributed by atoms with Crippen molar-refractivity contribution in [1.29, 1.82) is 0 Å². The van der Waals surface area contributed by atoms with Crippen molar-refractivity contribution in [1.82, 2.24) is 20.8 Å². The summed E-state index contributed by atoms with van der Waals surface area (Å²) in [5.74, 6) is -0.0989. The van der Waals surface area contributed by atoms with E-state index in [-0.39, 0.29) is 27.8 Å². The first-order valence-corrected chi connectivity index (χ1v) is 10.0. The van der Waals surface area contributed by atoms with Crippen molar-refractivity contribution >= 4 is 52.4 Å². The van der Waals surface area contributed by atoms with Gasteiger partial charge < -0.3 is 15.2 Å². The molecule has 0 aliphatic carbocycles. The van der Waals surface area contributed by atoms with E-state index in [2.05, 4.69) is 25.6 Å². The number of nitrogens with one attached hydrogen (secondary N) is 3. The van der Waals surface area contributed by atoms with E-state index in [1.165, 1.54) is 13.2 Å². The first kappa shape index (κ1) is 21.7. The molecule has 1 aliphatic rings. The minimum Gasteiger partial charge on any atom is -0.356 e. The number of hydroxylamine groups is 1. The molecule has 3 N–H and O–H groups in total. The minimum atomic E-state index is -0.406. The molecule has 1 saturated heterocycles. The van der Waals surface area contributed by atoms with E-state index in [4.69, 9.17) is 34.8 Å². The number of rotatable bonds is 5. The maximum absolute atomic E-state index is 12.5. The second-order valence-electron chi connectivity index (χ2n) is 6.66. The van der Waals surface area contributed by atoms with Gasteiger partial charge in [-0.2, -0.15) is 0 Å². The number of aromatic nitrogens is 2. The van der Waals surface area contributed by atoms with Crippen LogP contribution < -0.4 is 15.7 Å². The SMILES string of the molecule is CONC(=O)c1cc(Cl)nc(N2CCC(NC(=O)c3[nH]c(C)c(Cl)c3Cl)CC2)c1. The molecule has 0 atom stereocenters. The highest BCUT2D eigenvalue weighted by atomic mass is 35.5. The van der Waals surface area contributed by atoms with Crippen molar-refractivity contribution in [2.75, 3.05) is 25.1 Å². The smallest absolute Gasteiger partial charge is 0.275 e. The highest BCUT2D eigenvalue weighted by molar-refractivity contribution is 6.44. The van der Waals surface area contributed by atoms with E-state index in [1.54, 1.807) is 13.0 Å². The Bertz CT molecular complexity index is 926. The number of hydrogen-bond acceptors (Lipinski definition) is 5. The highest BCUT2D eigenvalue weighted by Crippen LogP contribution is 2.29. The molecule has 0 bridgehead atoms. The molecule has 156 valence electrons. The van der Waals surface area contributed by atoms with E-state index in [0.717, 1.165) is 0 Å². The zero-order valence-electron chi connectivity index (χ0n) is 15.8. The highest BCUT2D eigenvalue weighted by Gasteiger charge is 2.25. The van der Waals surface area contributed by atoms with Crippen LogP contribution in [0.4, 0.5) is 5.82 Å². The Morgan fingerprint density at radius 2 is 1.86 bits per heavy atom. The maximum atomic E-state index is 12.5. The third-order valence-electron chi connectivity index (χ3n) is 4.67. The summed E-state index contributed by atoms with van der Waals surface area (Å²) in [6.07, 6.45) is 1.40. The van der Waals surface area contributed by atoms with Crippen LogP contribution in [0.2, 0.25) is 15.2 Å². The molecule has 0 saturated carbocycles. The lowest BCUT2D eigenvalue weighted by Gasteiger charge is -2.33. The second kappa shape index (κ2) is 9.21. The normalized spacial score (nSPS) is 14.7. The Morgan fingerprint density at radius 3 is 2.45 bits per heavy atom. The van der Waals surface area contributed by atoms with Gasteiger partial charge in [-0.25, -0.2) is 10.5 Å². The van der Waals surface area contributed by atoms with E-state index < -0.39 is 5.91 Å². The van der Waals surface area contributed by atoms with E-state index >= 15 is 0 Å². The van der Waals surface area contributed by atoms with Gasteiger partial charge in [0.15, 0.2) is 0 Å². The monoisotopic (exact) mass is 459 g/mol. The number of nitrogens with zero attached hydrogens (tertiary/aromatic N) is 2. The number of anilines is 1. The number of H-pyrrole nitrogens is 1. The Morgan fingerprint density at radius 1 is 1.17 bits per heavy atom. The molecule has 2 amide bonds. The van der Waals surface area contributed by atoms with Crippen molar-refractivity contribution in [2.24, 2.45) is 0 Å². The quantitative estimate of drug-likeness (QED) is 0.469. The fourth-order valence-electron chi connectivity index (χ4n) is 3.17. The Labute approximate surface area is 182 Å². The molecule has 29 heavy (non-hydrogen) atoms. The summed E-state index contributed by atoms with van der Waals surface area (Å²) in [4.78, 5) is 38.4. The molecule has 1 fully saturated rings. The van der Waals surface area contributed by atoms with Crippen molar-refractivity contribution < 1.29 is 14.4 Å². The van der Waals surface area contributed by atoms with Gasteiger partial charge in [0.05, 0.1) is 17.2 Å². The van der Waals surface area contributed by atoms with Gasteiger partial charge in [-0.05, 0) is 31.9 Å². The third-order valence-corrected chi connectivity index (χ3v) is 5.81. The lowest BCUT2D eigenvalue weighted by atomic mass is 10.0. The van der Waals surface area contributed by atoms with Crippen LogP contribution in [0.5, 0.6) is 0 Å². The zero-order valence-corrected chi connectivity index (χ0v) is 18.1. The largest absolute Gasteiger partial charge is 0.356 e. The summed E-state index contributed by atoms with van der Waals surface area (Å²) >= 11 is 18.2. The molecule has 8 nitrogen and oxygen atoms in total. The van der Waals surface area contributed by atoms with E-state index in [1.807, 2.05) is 4.90 Å². The molecular weight excluding hydrogens is 441 g/mol. The fourth-order valence-corrected chi connectivity index (χ4v) is 3.79. The first-order valence-electron chi connectivity index (χ1n) is 8.90. The number of hydrogen-bond donors (Lipinski definition) is 3. The Kier molecular flexibility index (Phi) is 6.89. The molecule has 0 spiro atoms. The number of piperidine rings is 1. The molecule has 2 aromatic heterocycles. The molecule has 3 heterocycles. The molecule has 2 aromatic rings. The Hall–Kier alpha value is -2.00. The molecule has 1 aliphatic heterocycles. The van der Waals surface area contributed by atoms with Crippen LogP contribution in [0.1, 0.15) is 39.4 Å². The van der Waals surface area contributed by atoms with Gasteiger partial charge in [0.25, 0.3) is 11.8 Å². The second-order valence-corrected chi connectivity index (χ2v) is 7.80. The van der Waals surface area contributed by atoms with Crippen molar-refractivity contribution in [3.05, 3.63) is 44.3 Å². The lowest BCUT2D eigenvalue weighted by Crippen LogP contribution is -2.45.